The lowest BCUT2D eigenvalue weighted by Crippen LogP contribution is -2.37. The SMILES string of the molecule is FC(F)(F)Cn1ccc2c(OC3CCN(Cc4cnc(C5CC5)nc4)CC3)cccc21. The summed E-state index contributed by atoms with van der Waals surface area (Å²) in [6.07, 6.45) is 5.32. The van der Waals surface area contributed by atoms with Gasteiger partial charge >= 0.3 is 6.18 Å². The van der Waals surface area contributed by atoms with Crippen molar-refractivity contribution in [3.63, 3.8) is 0 Å². The largest absolute Gasteiger partial charge is 0.490 e. The van der Waals surface area contributed by atoms with Gasteiger partial charge in [-0.2, -0.15) is 13.2 Å². The van der Waals surface area contributed by atoms with Crippen LogP contribution >= 0.6 is 0 Å². The summed E-state index contributed by atoms with van der Waals surface area (Å²) >= 11 is 0. The summed E-state index contributed by atoms with van der Waals surface area (Å²) in [5.74, 6) is 2.19. The van der Waals surface area contributed by atoms with Gasteiger partial charge in [-0.1, -0.05) is 6.07 Å². The molecular formula is C23H25F3N4O. The van der Waals surface area contributed by atoms with E-state index in [0.29, 0.717) is 17.2 Å². The number of hydrogen-bond donors (Lipinski definition) is 0. The first kappa shape index (κ1) is 20.3. The van der Waals surface area contributed by atoms with Gasteiger partial charge in [0, 0.05) is 55.1 Å². The van der Waals surface area contributed by atoms with Gasteiger partial charge in [0.2, 0.25) is 0 Å². The summed E-state index contributed by atoms with van der Waals surface area (Å²) in [6, 6.07) is 7.00. The van der Waals surface area contributed by atoms with E-state index in [1.807, 2.05) is 18.5 Å². The van der Waals surface area contributed by atoms with Crippen molar-refractivity contribution in [1.82, 2.24) is 19.4 Å². The van der Waals surface area contributed by atoms with Gasteiger partial charge in [-0.15, -0.1) is 0 Å². The van der Waals surface area contributed by atoms with E-state index in [0.717, 1.165) is 49.2 Å². The normalized spacial score (nSPS) is 18.5. The van der Waals surface area contributed by atoms with Crippen molar-refractivity contribution < 1.29 is 17.9 Å². The smallest absolute Gasteiger partial charge is 0.406 e. The van der Waals surface area contributed by atoms with E-state index in [1.54, 1.807) is 18.2 Å². The zero-order valence-corrected chi connectivity index (χ0v) is 17.2. The lowest BCUT2D eigenvalue weighted by molar-refractivity contribution is -0.139. The van der Waals surface area contributed by atoms with Crippen LogP contribution in [0, 0.1) is 0 Å². The lowest BCUT2D eigenvalue weighted by Gasteiger charge is -2.32. The molecule has 0 amide bonds. The summed E-state index contributed by atoms with van der Waals surface area (Å²) in [5, 5.41) is 0.724. The molecule has 0 spiro atoms. The number of rotatable bonds is 6. The van der Waals surface area contributed by atoms with E-state index >= 15 is 0 Å². The highest BCUT2D eigenvalue weighted by Crippen LogP contribution is 2.37. The van der Waals surface area contributed by atoms with Crippen molar-refractivity contribution >= 4 is 10.9 Å². The molecule has 1 aliphatic carbocycles. The van der Waals surface area contributed by atoms with E-state index in [4.69, 9.17) is 4.74 Å². The highest BCUT2D eigenvalue weighted by Gasteiger charge is 2.29. The number of aromatic nitrogens is 3. The van der Waals surface area contributed by atoms with Crippen LogP contribution in [0.2, 0.25) is 0 Å². The minimum Gasteiger partial charge on any atom is -0.490 e. The minimum atomic E-state index is -4.25. The Morgan fingerprint density at radius 1 is 1.00 bits per heavy atom. The average Bonchev–Trinajstić information content (AvgIpc) is 3.51. The van der Waals surface area contributed by atoms with E-state index < -0.39 is 12.7 Å². The fourth-order valence-electron chi connectivity index (χ4n) is 4.25. The van der Waals surface area contributed by atoms with Gasteiger partial charge in [-0.3, -0.25) is 4.90 Å². The van der Waals surface area contributed by atoms with Crippen LogP contribution in [0.15, 0.2) is 42.9 Å². The molecule has 2 aromatic heterocycles. The molecule has 164 valence electrons. The van der Waals surface area contributed by atoms with E-state index in [2.05, 4.69) is 14.9 Å². The molecule has 31 heavy (non-hydrogen) atoms. The molecule has 1 saturated heterocycles. The number of hydrogen-bond acceptors (Lipinski definition) is 4. The van der Waals surface area contributed by atoms with Gasteiger partial charge in [0.05, 0.1) is 5.52 Å². The minimum absolute atomic E-state index is 0.0568. The molecule has 2 aliphatic rings. The molecule has 1 aliphatic heterocycles. The van der Waals surface area contributed by atoms with Gasteiger partial charge in [-0.25, -0.2) is 9.97 Å². The Kier molecular flexibility index (Phi) is 5.33. The van der Waals surface area contributed by atoms with Crippen molar-refractivity contribution in [2.45, 2.75) is 57.0 Å². The van der Waals surface area contributed by atoms with Crippen molar-refractivity contribution in [2.75, 3.05) is 13.1 Å². The summed E-state index contributed by atoms with van der Waals surface area (Å²) < 4.78 is 45.9. The van der Waals surface area contributed by atoms with Crippen LogP contribution in [-0.2, 0) is 13.1 Å². The molecule has 2 fully saturated rings. The molecule has 1 aromatic carbocycles. The Hall–Kier alpha value is -2.61. The Morgan fingerprint density at radius 2 is 1.74 bits per heavy atom. The van der Waals surface area contributed by atoms with Crippen LogP contribution in [0.4, 0.5) is 13.2 Å². The zero-order valence-electron chi connectivity index (χ0n) is 17.2. The van der Waals surface area contributed by atoms with Crippen molar-refractivity contribution in [2.24, 2.45) is 0 Å². The Bertz CT molecular complexity index is 1040. The molecule has 3 aromatic rings. The number of piperidine rings is 1. The van der Waals surface area contributed by atoms with Gasteiger partial charge in [-0.05, 0) is 43.9 Å². The Morgan fingerprint density at radius 3 is 2.42 bits per heavy atom. The maximum Gasteiger partial charge on any atom is 0.406 e. The molecule has 0 bridgehead atoms. The summed E-state index contributed by atoms with van der Waals surface area (Å²) in [6.45, 7) is 1.64. The maximum atomic E-state index is 12.8. The van der Waals surface area contributed by atoms with Crippen molar-refractivity contribution in [3.05, 3.63) is 54.2 Å². The van der Waals surface area contributed by atoms with Gasteiger partial charge in [0.15, 0.2) is 0 Å². The number of fused-ring (bicyclic) bond motifs is 1. The maximum absolute atomic E-state index is 12.8. The molecule has 5 nitrogen and oxygen atoms in total. The number of likely N-dealkylation sites (tertiary alicyclic amines) is 1. The number of alkyl halides is 3. The summed E-state index contributed by atoms with van der Waals surface area (Å²) in [5.41, 5.74) is 1.67. The predicted octanol–water partition coefficient (Wildman–Crippen LogP) is 4.91. The average molecular weight is 430 g/mol. The Balaban J connectivity index is 1.18. The third kappa shape index (κ3) is 4.84. The molecule has 5 rings (SSSR count). The number of benzene rings is 1. The highest BCUT2D eigenvalue weighted by molar-refractivity contribution is 5.86. The first-order valence-electron chi connectivity index (χ1n) is 10.8. The first-order valence-corrected chi connectivity index (χ1v) is 10.8. The van der Waals surface area contributed by atoms with E-state index in [1.165, 1.54) is 23.6 Å². The zero-order chi connectivity index (χ0) is 21.4. The second kappa shape index (κ2) is 8.15. The molecule has 1 saturated carbocycles. The second-order valence-electron chi connectivity index (χ2n) is 8.56. The predicted molar refractivity (Wildman–Crippen MR) is 111 cm³/mol. The quantitative estimate of drug-likeness (QED) is 0.557. The van der Waals surface area contributed by atoms with Gasteiger partial charge in [0.1, 0.15) is 24.2 Å². The molecule has 3 heterocycles. The van der Waals surface area contributed by atoms with Gasteiger partial charge < -0.3 is 9.30 Å². The third-order valence-electron chi connectivity index (χ3n) is 6.03. The molecule has 8 heteroatoms. The molecule has 0 atom stereocenters. The fraction of sp³-hybridized carbons (Fsp3) is 0.478. The summed E-state index contributed by atoms with van der Waals surface area (Å²) in [7, 11) is 0. The van der Waals surface area contributed by atoms with Crippen LogP contribution in [0.25, 0.3) is 10.9 Å². The van der Waals surface area contributed by atoms with E-state index in [-0.39, 0.29) is 6.10 Å². The van der Waals surface area contributed by atoms with Crippen LogP contribution in [-0.4, -0.2) is 44.8 Å². The molecule has 0 unspecified atom stereocenters. The number of ether oxygens (including phenoxy) is 1. The molecular weight excluding hydrogens is 405 g/mol. The van der Waals surface area contributed by atoms with Crippen molar-refractivity contribution in [1.29, 1.82) is 0 Å². The molecule has 0 radical (unpaired) electrons. The van der Waals surface area contributed by atoms with E-state index in [9.17, 15) is 13.2 Å². The third-order valence-corrected chi connectivity index (χ3v) is 6.03. The number of halogens is 3. The second-order valence-corrected chi connectivity index (χ2v) is 8.56. The standard InChI is InChI=1S/C23H25F3N4O/c24-23(25,26)15-30-11-8-19-20(30)2-1-3-21(19)31-18-6-9-29(10-7-18)14-16-12-27-22(28-13-16)17-4-5-17/h1-3,8,11-13,17-18H,4-7,9-10,14-15H2. The fourth-order valence-corrected chi connectivity index (χ4v) is 4.25. The van der Waals surface area contributed by atoms with Gasteiger partial charge in [0.25, 0.3) is 0 Å². The topological polar surface area (TPSA) is 43.2 Å². The van der Waals surface area contributed by atoms with Crippen LogP contribution in [0.5, 0.6) is 5.75 Å². The monoisotopic (exact) mass is 430 g/mol. The Labute approximate surface area is 178 Å². The highest BCUT2D eigenvalue weighted by atomic mass is 19.4. The van der Waals surface area contributed by atoms with Crippen molar-refractivity contribution in [3.8, 4) is 5.75 Å². The summed E-state index contributed by atoms with van der Waals surface area (Å²) in [4.78, 5) is 11.4. The first-order chi connectivity index (χ1) is 14.9. The van der Waals surface area contributed by atoms with Crippen LogP contribution in [0.3, 0.4) is 0 Å². The van der Waals surface area contributed by atoms with Crippen LogP contribution < -0.4 is 4.74 Å². The van der Waals surface area contributed by atoms with Crippen LogP contribution in [0.1, 0.15) is 43.0 Å². The lowest BCUT2D eigenvalue weighted by atomic mass is 10.1. The molecule has 0 N–H and O–H groups in total. The number of nitrogens with zero attached hydrogens (tertiary/aromatic N) is 4.